The van der Waals surface area contributed by atoms with Crippen molar-refractivity contribution in [2.24, 2.45) is 4.99 Å². The average molecular weight is 559 g/mol. The number of fused-ring (bicyclic) bond motifs is 1. The summed E-state index contributed by atoms with van der Waals surface area (Å²) in [6.07, 6.45) is 4.79. The maximum Gasteiger partial charge on any atom is 0.246 e. The highest BCUT2D eigenvalue weighted by Crippen LogP contribution is 2.27. The fourth-order valence-electron chi connectivity index (χ4n) is 3.33. The van der Waals surface area contributed by atoms with Crippen LogP contribution >= 0.6 is 46.9 Å². The molecule has 0 amide bonds. The summed E-state index contributed by atoms with van der Waals surface area (Å²) in [6.45, 7) is 1.11. The fourth-order valence-corrected chi connectivity index (χ4v) is 4.67. The molecule has 0 unspecified atom stereocenters. The molecule has 7 nitrogen and oxygen atoms in total. The van der Waals surface area contributed by atoms with Gasteiger partial charge in [0.25, 0.3) is 0 Å². The zero-order valence-electron chi connectivity index (χ0n) is 16.9. The van der Waals surface area contributed by atoms with E-state index in [-0.39, 0.29) is 24.0 Å². The van der Waals surface area contributed by atoms with Crippen LogP contribution in [0.5, 0.6) is 0 Å². The number of rotatable bonds is 5. The molecule has 1 aliphatic rings. The molecule has 10 heteroatoms. The molecule has 4 rings (SSSR count). The van der Waals surface area contributed by atoms with Gasteiger partial charge in [-0.05, 0) is 49.9 Å². The van der Waals surface area contributed by atoms with E-state index in [1.165, 1.54) is 23.4 Å². The molecular formula is C20H24ClIN6OS. The summed E-state index contributed by atoms with van der Waals surface area (Å²) < 4.78 is 5.36. The van der Waals surface area contributed by atoms with Gasteiger partial charge in [-0.1, -0.05) is 16.8 Å². The Kier molecular flexibility index (Phi) is 8.06. The average Bonchev–Trinajstić information content (AvgIpc) is 3.35. The van der Waals surface area contributed by atoms with Crippen molar-refractivity contribution in [3.63, 3.8) is 0 Å². The van der Waals surface area contributed by atoms with Crippen LogP contribution in [-0.2, 0) is 25.9 Å². The Morgan fingerprint density at radius 1 is 1.23 bits per heavy atom. The van der Waals surface area contributed by atoms with Crippen molar-refractivity contribution in [1.29, 1.82) is 0 Å². The van der Waals surface area contributed by atoms with Crippen LogP contribution in [0.1, 0.15) is 34.3 Å². The molecular weight excluding hydrogens is 535 g/mol. The summed E-state index contributed by atoms with van der Waals surface area (Å²) in [5.41, 5.74) is 2.15. The molecule has 2 heterocycles. The third-order valence-corrected chi connectivity index (χ3v) is 6.20. The predicted octanol–water partition coefficient (Wildman–Crippen LogP) is 4.55. The van der Waals surface area contributed by atoms with Gasteiger partial charge in [0.05, 0.1) is 18.8 Å². The summed E-state index contributed by atoms with van der Waals surface area (Å²) in [6, 6.07) is 7.34. The van der Waals surface area contributed by atoms with E-state index >= 15 is 0 Å². The molecule has 0 fully saturated rings. The molecule has 0 spiro atoms. The number of hydrogen-bond acceptors (Lipinski definition) is 6. The van der Waals surface area contributed by atoms with E-state index in [1.54, 1.807) is 19.2 Å². The first-order chi connectivity index (χ1) is 14.1. The molecule has 0 saturated heterocycles. The van der Waals surface area contributed by atoms with E-state index in [9.17, 15) is 0 Å². The normalized spacial score (nSPS) is 13.5. The van der Waals surface area contributed by atoms with E-state index < -0.39 is 0 Å². The number of hydrogen-bond donors (Lipinski definition) is 1. The molecule has 3 aromatic rings. The molecule has 160 valence electrons. The van der Waals surface area contributed by atoms with Crippen LogP contribution in [0, 0.1) is 0 Å². The highest BCUT2D eigenvalue weighted by molar-refractivity contribution is 14.0. The predicted molar refractivity (Wildman–Crippen MR) is 131 cm³/mol. The zero-order valence-corrected chi connectivity index (χ0v) is 20.8. The van der Waals surface area contributed by atoms with Gasteiger partial charge >= 0.3 is 0 Å². The Bertz CT molecular complexity index is 980. The molecule has 1 aliphatic carbocycles. The number of aryl methyl sites for hydroxylation is 2. The van der Waals surface area contributed by atoms with Gasteiger partial charge in [0.2, 0.25) is 11.7 Å². The second kappa shape index (κ2) is 10.5. The lowest BCUT2D eigenvalue weighted by Crippen LogP contribution is -2.38. The van der Waals surface area contributed by atoms with Gasteiger partial charge in [0, 0.05) is 29.6 Å². The van der Waals surface area contributed by atoms with Gasteiger partial charge in [-0.2, -0.15) is 4.98 Å². The van der Waals surface area contributed by atoms with Crippen LogP contribution in [0.25, 0.3) is 11.4 Å². The number of nitrogens with one attached hydrogen (secondary N) is 1. The Hall–Kier alpha value is -1.72. The number of halogens is 2. The van der Waals surface area contributed by atoms with E-state index in [0.29, 0.717) is 23.3 Å². The number of nitrogens with zero attached hydrogens (tertiary/aromatic N) is 5. The van der Waals surface area contributed by atoms with Gasteiger partial charge < -0.3 is 14.7 Å². The minimum atomic E-state index is 0. The smallest absolute Gasteiger partial charge is 0.246 e. The molecule has 0 bridgehead atoms. The lowest BCUT2D eigenvalue weighted by atomic mass is 10.0. The van der Waals surface area contributed by atoms with Crippen molar-refractivity contribution in [3.8, 4) is 11.4 Å². The summed E-state index contributed by atoms with van der Waals surface area (Å²) in [5, 5.41) is 9.12. The van der Waals surface area contributed by atoms with Crippen LogP contribution in [-0.4, -0.2) is 40.1 Å². The van der Waals surface area contributed by atoms with E-state index in [0.717, 1.165) is 35.9 Å². The van der Waals surface area contributed by atoms with Crippen molar-refractivity contribution >= 4 is 52.9 Å². The van der Waals surface area contributed by atoms with Crippen LogP contribution in [0.2, 0.25) is 5.02 Å². The molecule has 0 atom stereocenters. The largest absolute Gasteiger partial charge is 0.347 e. The second-order valence-corrected chi connectivity index (χ2v) is 8.56. The third-order valence-electron chi connectivity index (χ3n) is 4.80. The van der Waals surface area contributed by atoms with Crippen LogP contribution in [0.4, 0.5) is 0 Å². The van der Waals surface area contributed by atoms with Gasteiger partial charge in [-0.25, -0.2) is 4.98 Å². The van der Waals surface area contributed by atoms with Crippen LogP contribution < -0.4 is 5.32 Å². The standard InChI is InChI=1S/C20H23ClN6OS.HI/c1-22-20(27(2)12-18-24-15-5-3-4-6-16(15)29-18)23-11-17-25-19(26-28-17)13-7-9-14(21)10-8-13;/h7-10H,3-6,11-12H2,1-2H3,(H,22,23);1H. The summed E-state index contributed by atoms with van der Waals surface area (Å²) in [7, 11) is 3.77. The zero-order chi connectivity index (χ0) is 20.2. The van der Waals surface area contributed by atoms with Crippen molar-refractivity contribution in [2.75, 3.05) is 14.1 Å². The Labute approximate surface area is 202 Å². The topological polar surface area (TPSA) is 79.4 Å². The SMILES string of the molecule is CN=C(NCc1nc(-c2ccc(Cl)cc2)no1)N(C)Cc1nc2c(s1)CCCC2.I. The number of benzene rings is 1. The molecule has 0 radical (unpaired) electrons. The molecule has 0 saturated carbocycles. The first-order valence-corrected chi connectivity index (χ1v) is 10.8. The van der Waals surface area contributed by atoms with Gasteiger partial charge in [0.15, 0.2) is 5.96 Å². The first-order valence-electron chi connectivity index (χ1n) is 9.60. The molecule has 2 aromatic heterocycles. The highest BCUT2D eigenvalue weighted by atomic mass is 127. The summed E-state index contributed by atoms with van der Waals surface area (Å²) in [4.78, 5) is 17.1. The van der Waals surface area contributed by atoms with Gasteiger partial charge in [-0.3, -0.25) is 4.99 Å². The van der Waals surface area contributed by atoms with E-state index in [4.69, 9.17) is 21.1 Å². The molecule has 30 heavy (non-hydrogen) atoms. The molecule has 1 aromatic carbocycles. The molecule has 0 aliphatic heterocycles. The van der Waals surface area contributed by atoms with Gasteiger partial charge in [0.1, 0.15) is 5.01 Å². The molecule has 1 N–H and O–H groups in total. The minimum Gasteiger partial charge on any atom is -0.347 e. The lowest BCUT2D eigenvalue weighted by molar-refractivity contribution is 0.371. The Morgan fingerprint density at radius 3 is 2.73 bits per heavy atom. The van der Waals surface area contributed by atoms with Crippen molar-refractivity contribution in [2.45, 2.75) is 38.8 Å². The maximum absolute atomic E-state index is 5.93. The highest BCUT2D eigenvalue weighted by Gasteiger charge is 2.17. The first kappa shape index (κ1) is 23.0. The Morgan fingerprint density at radius 2 is 2.00 bits per heavy atom. The second-order valence-electron chi connectivity index (χ2n) is 6.96. The fraction of sp³-hybridized carbons (Fsp3) is 0.400. The van der Waals surface area contributed by atoms with Crippen molar-refractivity contribution in [3.05, 3.63) is 50.8 Å². The van der Waals surface area contributed by atoms with Gasteiger partial charge in [-0.15, -0.1) is 35.3 Å². The monoisotopic (exact) mass is 558 g/mol. The third kappa shape index (κ3) is 5.50. The number of aromatic nitrogens is 3. The minimum absolute atomic E-state index is 0. The van der Waals surface area contributed by atoms with Crippen molar-refractivity contribution in [1.82, 2.24) is 25.3 Å². The maximum atomic E-state index is 5.93. The number of thiazole rings is 1. The summed E-state index contributed by atoms with van der Waals surface area (Å²) >= 11 is 7.75. The Balaban J connectivity index is 0.00000256. The summed E-state index contributed by atoms with van der Waals surface area (Å²) in [5.74, 6) is 1.79. The van der Waals surface area contributed by atoms with Crippen LogP contribution in [0.3, 0.4) is 0 Å². The van der Waals surface area contributed by atoms with E-state index in [1.807, 2.05) is 30.5 Å². The lowest BCUT2D eigenvalue weighted by Gasteiger charge is -2.20. The quantitative estimate of drug-likeness (QED) is 0.281. The van der Waals surface area contributed by atoms with E-state index in [2.05, 4.69) is 25.3 Å². The van der Waals surface area contributed by atoms with Crippen LogP contribution in [0.15, 0.2) is 33.8 Å². The number of aliphatic imine (C=N–C) groups is 1. The van der Waals surface area contributed by atoms with Crippen molar-refractivity contribution < 1.29 is 4.52 Å². The number of guanidine groups is 1.